The Hall–Kier alpha value is -1.01. The summed E-state index contributed by atoms with van der Waals surface area (Å²) in [6.07, 6.45) is 0. The maximum Gasteiger partial charge on any atom is 0.280 e. The maximum atomic E-state index is 12.3. The van der Waals surface area contributed by atoms with E-state index in [2.05, 4.69) is 26.3 Å². The van der Waals surface area contributed by atoms with Crippen molar-refractivity contribution in [1.29, 1.82) is 0 Å². The molecule has 1 unspecified atom stereocenters. The van der Waals surface area contributed by atoms with Crippen LogP contribution in [0.3, 0.4) is 0 Å². The first-order valence-electron chi connectivity index (χ1n) is 5.26. The Bertz CT molecular complexity index is 628. The number of hydrogen-bond donors (Lipinski definition) is 1. The van der Waals surface area contributed by atoms with Crippen LogP contribution in [0.4, 0.5) is 0 Å². The van der Waals surface area contributed by atoms with Gasteiger partial charge in [0.15, 0.2) is 5.16 Å². The molecular weight excluding hydrogens is 302 g/mol. The van der Waals surface area contributed by atoms with Crippen molar-refractivity contribution in [2.75, 3.05) is 16.5 Å². The number of fused-ring (bicyclic) bond motifs is 2. The summed E-state index contributed by atoms with van der Waals surface area (Å²) in [6.45, 7) is 0. The van der Waals surface area contributed by atoms with Gasteiger partial charge in [0.2, 0.25) is 0 Å². The Balaban J connectivity index is 2.23. The zero-order valence-electron chi connectivity index (χ0n) is 8.89. The van der Waals surface area contributed by atoms with Gasteiger partial charge in [0.1, 0.15) is 0 Å². The van der Waals surface area contributed by atoms with Gasteiger partial charge in [0.25, 0.3) is 5.56 Å². The van der Waals surface area contributed by atoms with E-state index in [0.29, 0.717) is 5.39 Å². The summed E-state index contributed by atoms with van der Waals surface area (Å²) < 4.78 is 1.56. The highest BCUT2D eigenvalue weighted by Crippen LogP contribution is 2.22. The number of halogens is 1. The molecule has 3 rings (SSSR count). The molecule has 2 heterocycles. The Labute approximate surface area is 111 Å². The van der Waals surface area contributed by atoms with Gasteiger partial charge in [-0.1, -0.05) is 39.8 Å². The first kappa shape index (κ1) is 11.1. The van der Waals surface area contributed by atoms with Crippen LogP contribution >= 0.6 is 27.7 Å². The van der Waals surface area contributed by atoms with Gasteiger partial charge < -0.3 is 5.43 Å². The van der Waals surface area contributed by atoms with E-state index < -0.39 is 0 Å². The molecule has 1 atom stereocenters. The zero-order chi connectivity index (χ0) is 11.8. The van der Waals surface area contributed by atoms with Crippen molar-refractivity contribution in [3.8, 4) is 0 Å². The highest BCUT2D eigenvalue weighted by atomic mass is 79.9. The second-order valence-electron chi connectivity index (χ2n) is 3.84. The molecule has 0 radical (unpaired) electrons. The van der Waals surface area contributed by atoms with Crippen LogP contribution in [0.15, 0.2) is 34.2 Å². The Morgan fingerprint density at radius 2 is 2.35 bits per heavy atom. The molecule has 0 spiro atoms. The molecule has 0 fully saturated rings. The largest absolute Gasteiger partial charge is 0.316 e. The fraction of sp³-hybridized carbons (Fsp3) is 0.273. The van der Waals surface area contributed by atoms with Gasteiger partial charge in [-0.05, 0) is 12.1 Å². The van der Waals surface area contributed by atoms with Crippen LogP contribution < -0.4 is 11.0 Å². The van der Waals surface area contributed by atoms with Crippen molar-refractivity contribution in [2.45, 2.75) is 11.2 Å². The summed E-state index contributed by atoms with van der Waals surface area (Å²) in [5.41, 5.74) is 3.92. The van der Waals surface area contributed by atoms with E-state index in [9.17, 15) is 4.79 Å². The van der Waals surface area contributed by atoms with Crippen LogP contribution in [0.5, 0.6) is 0 Å². The lowest BCUT2D eigenvalue weighted by molar-refractivity contribution is 0.638. The molecule has 88 valence electrons. The van der Waals surface area contributed by atoms with E-state index >= 15 is 0 Å². The van der Waals surface area contributed by atoms with Gasteiger partial charge in [-0.2, -0.15) is 4.68 Å². The number of para-hydroxylation sites is 1. The van der Waals surface area contributed by atoms with E-state index in [1.165, 1.54) is 0 Å². The Morgan fingerprint density at radius 1 is 1.53 bits per heavy atom. The molecule has 1 aromatic carbocycles. The molecule has 4 nitrogen and oxygen atoms in total. The lowest BCUT2D eigenvalue weighted by Gasteiger charge is -2.25. The van der Waals surface area contributed by atoms with Crippen LogP contribution in [0.25, 0.3) is 10.9 Å². The molecule has 0 aliphatic carbocycles. The first-order chi connectivity index (χ1) is 8.29. The fourth-order valence-electron chi connectivity index (χ4n) is 1.80. The summed E-state index contributed by atoms with van der Waals surface area (Å²) >= 11 is 5.04. The van der Waals surface area contributed by atoms with Crippen LogP contribution in [0.1, 0.15) is 0 Å². The lowest BCUT2D eigenvalue weighted by Crippen LogP contribution is -2.42. The number of nitrogens with zero attached hydrogens (tertiary/aromatic N) is 2. The molecule has 1 aliphatic rings. The first-order valence-corrected chi connectivity index (χ1v) is 7.37. The van der Waals surface area contributed by atoms with Crippen LogP contribution in [-0.4, -0.2) is 26.8 Å². The van der Waals surface area contributed by atoms with Crippen molar-refractivity contribution >= 4 is 38.6 Å². The number of alkyl halides is 1. The van der Waals surface area contributed by atoms with Crippen molar-refractivity contribution in [3.05, 3.63) is 34.6 Å². The van der Waals surface area contributed by atoms with Gasteiger partial charge in [0.05, 0.1) is 16.9 Å². The van der Waals surface area contributed by atoms with E-state index in [4.69, 9.17) is 0 Å². The second-order valence-corrected chi connectivity index (χ2v) is 5.48. The van der Waals surface area contributed by atoms with Crippen molar-refractivity contribution in [3.63, 3.8) is 0 Å². The Morgan fingerprint density at radius 3 is 3.18 bits per heavy atom. The van der Waals surface area contributed by atoms with E-state index in [1.807, 2.05) is 24.3 Å². The second kappa shape index (κ2) is 4.34. The standard InChI is InChI=1S/C11H10BrN3OS/c12-5-7-6-17-11-13-9-4-2-1-3-8(9)10(16)15(11)14-7/h1-4,7,14H,5-6H2. The highest BCUT2D eigenvalue weighted by Gasteiger charge is 2.20. The molecule has 2 aromatic rings. The van der Waals surface area contributed by atoms with Crippen LogP contribution in [0.2, 0.25) is 0 Å². The summed E-state index contributed by atoms with van der Waals surface area (Å²) in [5.74, 6) is 0.913. The smallest absolute Gasteiger partial charge is 0.280 e. The highest BCUT2D eigenvalue weighted by molar-refractivity contribution is 9.09. The minimum atomic E-state index is -0.0243. The molecule has 0 bridgehead atoms. The molecule has 1 N–H and O–H groups in total. The quantitative estimate of drug-likeness (QED) is 0.644. The topological polar surface area (TPSA) is 46.9 Å². The predicted octanol–water partition coefficient (Wildman–Crippen LogP) is 1.81. The van der Waals surface area contributed by atoms with Gasteiger partial charge >= 0.3 is 0 Å². The number of nitrogens with one attached hydrogen (secondary N) is 1. The van der Waals surface area contributed by atoms with Gasteiger partial charge in [-0.3, -0.25) is 4.79 Å². The number of hydrogen-bond acceptors (Lipinski definition) is 4. The van der Waals surface area contributed by atoms with E-state index in [1.54, 1.807) is 16.4 Å². The number of aromatic nitrogens is 2. The molecule has 6 heteroatoms. The lowest BCUT2D eigenvalue weighted by atomic mass is 10.2. The third-order valence-electron chi connectivity index (χ3n) is 2.66. The van der Waals surface area contributed by atoms with Crippen molar-refractivity contribution in [2.24, 2.45) is 0 Å². The summed E-state index contributed by atoms with van der Waals surface area (Å²) in [6, 6.07) is 7.69. The molecule has 17 heavy (non-hydrogen) atoms. The molecule has 0 saturated heterocycles. The van der Waals surface area contributed by atoms with Crippen LogP contribution in [-0.2, 0) is 0 Å². The van der Waals surface area contributed by atoms with Crippen molar-refractivity contribution in [1.82, 2.24) is 9.66 Å². The summed E-state index contributed by atoms with van der Waals surface area (Å²) in [5, 5.41) is 2.21. The number of benzene rings is 1. The fourth-order valence-corrected chi connectivity index (χ4v) is 3.44. The third-order valence-corrected chi connectivity index (χ3v) is 4.54. The number of rotatable bonds is 1. The monoisotopic (exact) mass is 311 g/mol. The summed E-state index contributed by atoms with van der Waals surface area (Å²) in [7, 11) is 0. The van der Waals surface area contributed by atoms with Gasteiger partial charge in [-0.15, -0.1) is 0 Å². The van der Waals surface area contributed by atoms with Crippen molar-refractivity contribution < 1.29 is 0 Å². The normalized spacial score (nSPS) is 18.8. The molecule has 0 amide bonds. The SMILES string of the molecule is O=c1c2ccccc2nc2n1NC(CBr)CS2. The summed E-state index contributed by atoms with van der Waals surface area (Å²) in [4.78, 5) is 16.8. The molecule has 1 aromatic heterocycles. The zero-order valence-corrected chi connectivity index (χ0v) is 11.3. The maximum absolute atomic E-state index is 12.3. The van der Waals surface area contributed by atoms with E-state index in [-0.39, 0.29) is 11.6 Å². The average Bonchev–Trinajstić information content (AvgIpc) is 2.39. The predicted molar refractivity (Wildman–Crippen MR) is 73.7 cm³/mol. The third kappa shape index (κ3) is 1.85. The van der Waals surface area contributed by atoms with Gasteiger partial charge in [0, 0.05) is 11.1 Å². The minimum Gasteiger partial charge on any atom is -0.316 e. The number of thioether (sulfide) groups is 1. The minimum absolute atomic E-state index is 0.0243. The Kier molecular flexibility index (Phi) is 2.84. The molecule has 0 saturated carbocycles. The van der Waals surface area contributed by atoms with Crippen LogP contribution in [0, 0.1) is 0 Å². The molecular formula is C11H10BrN3OS. The van der Waals surface area contributed by atoms with E-state index in [0.717, 1.165) is 21.8 Å². The van der Waals surface area contributed by atoms with Gasteiger partial charge in [-0.25, -0.2) is 4.98 Å². The molecule has 1 aliphatic heterocycles. The average molecular weight is 312 g/mol.